The topological polar surface area (TPSA) is 44.4 Å². The zero-order valence-electron chi connectivity index (χ0n) is 13.1. The number of hydrogen-bond donors (Lipinski definition) is 2. The van der Waals surface area contributed by atoms with Gasteiger partial charge in [-0.25, -0.2) is 9.18 Å². The highest BCUT2D eigenvalue weighted by molar-refractivity contribution is 6.31. The Balaban J connectivity index is 1.51. The van der Waals surface area contributed by atoms with Crippen LogP contribution in [-0.2, 0) is 0 Å². The maximum atomic E-state index is 13.8. The van der Waals surface area contributed by atoms with Crippen molar-refractivity contribution in [1.29, 1.82) is 0 Å². The highest BCUT2D eigenvalue weighted by Crippen LogP contribution is 2.22. The van der Waals surface area contributed by atoms with E-state index in [-0.39, 0.29) is 16.8 Å². The quantitative estimate of drug-likeness (QED) is 0.870. The number of amides is 2. The van der Waals surface area contributed by atoms with Crippen LogP contribution in [0.25, 0.3) is 0 Å². The number of urea groups is 1. The summed E-state index contributed by atoms with van der Waals surface area (Å²) in [5.41, 5.74) is 1.28. The number of nitrogens with zero attached hydrogens (tertiary/aromatic N) is 1. The molecule has 0 atom stereocenters. The number of halogens is 2. The fourth-order valence-corrected chi connectivity index (χ4v) is 3.04. The van der Waals surface area contributed by atoms with Crippen molar-refractivity contribution in [2.45, 2.75) is 18.9 Å². The summed E-state index contributed by atoms with van der Waals surface area (Å²) in [6.07, 6.45) is 1.70. The van der Waals surface area contributed by atoms with E-state index in [1.807, 2.05) is 18.2 Å². The molecule has 0 spiro atoms. The summed E-state index contributed by atoms with van der Waals surface area (Å²) in [6.45, 7) is 1.75. The molecule has 2 aromatic rings. The predicted octanol–water partition coefficient (Wildman–Crippen LogP) is 4.27. The Hall–Kier alpha value is -2.27. The molecule has 0 saturated carbocycles. The number of nitrogens with one attached hydrogen (secondary N) is 2. The summed E-state index contributed by atoms with van der Waals surface area (Å²) in [5.74, 6) is -0.617. The standard InChI is InChI=1S/C18H19ClFN3O/c19-15-7-4-8-16(17(15)20)22-18(24)21-13-9-11-23(12-10-13)14-5-2-1-3-6-14/h1-8,13H,9-12H2,(H2,21,22,24). The number of carbonyl (C=O) groups is 1. The van der Waals surface area contributed by atoms with Crippen molar-refractivity contribution in [1.82, 2.24) is 5.32 Å². The van der Waals surface area contributed by atoms with Gasteiger partial charge in [-0.15, -0.1) is 0 Å². The zero-order valence-corrected chi connectivity index (χ0v) is 13.9. The maximum absolute atomic E-state index is 13.8. The highest BCUT2D eigenvalue weighted by atomic mass is 35.5. The van der Waals surface area contributed by atoms with E-state index in [0.29, 0.717) is 0 Å². The van der Waals surface area contributed by atoms with Crippen LogP contribution in [0.15, 0.2) is 48.5 Å². The lowest BCUT2D eigenvalue weighted by Gasteiger charge is -2.34. The van der Waals surface area contributed by atoms with Gasteiger partial charge in [0, 0.05) is 24.8 Å². The second-order valence-electron chi connectivity index (χ2n) is 5.80. The predicted molar refractivity (Wildman–Crippen MR) is 95.2 cm³/mol. The molecule has 1 heterocycles. The van der Waals surface area contributed by atoms with E-state index in [9.17, 15) is 9.18 Å². The molecule has 24 heavy (non-hydrogen) atoms. The van der Waals surface area contributed by atoms with Gasteiger partial charge in [-0.2, -0.15) is 0 Å². The third-order valence-electron chi connectivity index (χ3n) is 4.15. The van der Waals surface area contributed by atoms with Gasteiger partial charge < -0.3 is 15.5 Å². The Morgan fingerprint density at radius 1 is 1.08 bits per heavy atom. The Labute approximate surface area is 145 Å². The molecule has 1 fully saturated rings. The largest absolute Gasteiger partial charge is 0.371 e. The molecule has 0 radical (unpaired) electrons. The van der Waals surface area contributed by atoms with Gasteiger partial charge in [0.25, 0.3) is 0 Å². The second kappa shape index (κ2) is 7.53. The molecule has 4 nitrogen and oxygen atoms in total. The molecule has 0 bridgehead atoms. The van der Waals surface area contributed by atoms with E-state index < -0.39 is 11.8 Å². The first kappa shape index (κ1) is 16.6. The Kier molecular flexibility index (Phi) is 5.20. The van der Waals surface area contributed by atoms with Crippen LogP contribution in [-0.4, -0.2) is 25.2 Å². The summed E-state index contributed by atoms with van der Waals surface area (Å²) in [5, 5.41) is 5.41. The molecule has 2 aromatic carbocycles. The molecule has 0 aliphatic carbocycles. The number of benzene rings is 2. The number of rotatable bonds is 3. The number of hydrogen-bond acceptors (Lipinski definition) is 2. The molecule has 0 aromatic heterocycles. The lowest BCUT2D eigenvalue weighted by molar-refractivity contribution is 0.246. The first-order valence-corrected chi connectivity index (χ1v) is 8.33. The molecule has 126 valence electrons. The van der Waals surface area contributed by atoms with Crippen molar-refractivity contribution in [3.05, 3.63) is 59.4 Å². The number of carbonyl (C=O) groups excluding carboxylic acids is 1. The van der Waals surface area contributed by atoms with E-state index in [2.05, 4.69) is 27.7 Å². The van der Waals surface area contributed by atoms with Gasteiger partial charge in [-0.3, -0.25) is 0 Å². The lowest BCUT2D eigenvalue weighted by Crippen LogP contribution is -2.46. The molecule has 1 aliphatic rings. The van der Waals surface area contributed by atoms with Gasteiger partial charge in [0.2, 0.25) is 0 Å². The summed E-state index contributed by atoms with van der Waals surface area (Å²) in [4.78, 5) is 14.3. The SMILES string of the molecule is O=C(Nc1cccc(Cl)c1F)NC1CCN(c2ccccc2)CC1. The van der Waals surface area contributed by atoms with Crippen LogP contribution in [0.5, 0.6) is 0 Å². The van der Waals surface area contributed by atoms with Crippen molar-refractivity contribution in [3.8, 4) is 0 Å². The lowest BCUT2D eigenvalue weighted by atomic mass is 10.0. The average molecular weight is 348 g/mol. The van der Waals surface area contributed by atoms with Crippen LogP contribution in [0.4, 0.5) is 20.6 Å². The molecule has 2 amide bonds. The van der Waals surface area contributed by atoms with Crippen LogP contribution >= 0.6 is 11.6 Å². The minimum atomic E-state index is -0.617. The average Bonchev–Trinajstić information content (AvgIpc) is 2.60. The van der Waals surface area contributed by atoms with Gasteiger partial charge >= 0.3 is 6.03 Å². The monoisotopic (exact) mass is 347 g/mol. The summed E-state index contributed by atoms with van der Waals surface area (Å²) < 4.78 is 13.8. The minimum Gasteiger partial charge on any atom is -0.371 e. The third kappa shape index (κ3) is 3.97. The van der Waals surface area contributed by atoms with Crippen molar-refractivity contribution in [2.75, 3.05) is 23.3 Å². The minimum absolute atomic E-state index is 0.0102. The van der Waals surface area contributed by atoms with Crippen LogP contribution in [0.3, 0.4) is 0 Å². The molecule has 1 saturated heterocycles. The van der Waals surface area contributed by atoms with Gasteiger partial charge in [-0.1, -0.05) is 35.9 Å². The van der Waals surface area contributed by atoms with Crippen LogP contribution in [0, 0.1) is 5.82 Å². The third-order valence-corrected chi connectivity index (χ3v) is 4.44. The number of para-hydroxylation sites is 1. The summed E-state index contributed by atoms with van der Waals surface area (Å²) in [6, 6.07) is 14.4. The van der Waals surface area contributed by atoms with E-state index in [1.54, 1.807) is 6.07 Å². The Morgan fingerprint density at radius 2 is 1.79 bits per heavy atom. The van der Waals surface area contributed by atoms with E-state index in [0.717, 1.165) is 25.9 Å². The van der Waals surface area contributed by atoms with E-state index in [4.69, 9.17) is 11.6 Å². The zero-order chi connectivity index (χ0) is 16.9. The summed E-state index contributed by atoms with van der Waals surface area (Å²) in [7, 11) is 0. The highest BCUT2D eigenvalue weighted by Gasteiger charge is 2.21. The van der Waals surface area contributed by atoms with Crippen molar-refractivity contribution >= 4 is 29.0 Å². The Bertz CT molecular complexity index is 703. The molecular weight excluding hydrogens is 329 g/mol. The van der Waals surface area contributed by atoms with Gasteiger partial charge in [-0.05, 0) is 37.1 Å². The molecule has 3 rings (SSSR count). The Morgan fingerprint density at radius 3 is 2.50 bits per heavy atom. The van der Waals surface area contributed by atoms with Gasteiger partial charge in [0.1, 0.15) is 0 Å². The van der Waals surface area contributed by atoms with Gasteiger partial charge in [0.15, 0.2) is 5.82 Å². The molecule has 2 N–H and O–H groups in total. The normalized spacial score (nSPS) is 15.2. The fourth-order valence-electron chi connectivity index (χ4n) is 2.86. The number of piperidine rings is 1. The maximum Gasteiger partial charge on any atom is 0.319 e. The van der Waals surface area contributed by atoms with Gasteiger partial charge in [0.05, 0.1) is 10.7 Å². The van der Waals surface area contributed by atoms with E-state index in [1.165, 1.54) is 17.8 Å². The van der Waals surface area contributed by atoms with Crippen LogP contribution in [0.2, 0.25) is 5.02 Å². The molecule has 1 aliphatic heterocycles. The molecular formula is C18H19ClFN3O. The van der Waals surface area contributed by atoms with E-state index >= 15 is 0 Å². The second-order valence-corrected chi connectivity index (χ2v) is 6.20. The fraction of sp³-hybridized carbons (Fsp3) is 0.278. The van der Waals surface area contributed by atoms with Crippen molar-refractivity contribution in [3.63, 3.8) is 0 Å². The first-order valence-electron chi connectivity index (χ1n) is 7.95. The van der Waals surface area contributed by atoms with Crippen molar-refractivity contribution in [2.24, 2.45) is 0 Å². The molecule has 0 unspecified atom stereocenters. The summed E-state index contributed by atoms with van der Waals surface area (Å²) >= 11 is 5.71. The van der Waals surface area contributed by atoms with Crippen LogP contribution in [0.1, 0.15) is 12.8 Å². The molecule has 6 heteroatoms. The number of anilines is 2. The van der Waals surface area contributed by atoms with Crippen molar-refractivity contribution < 1.29 is 9.18 Å². The van der Waals surface area contributed by atoms with Crippen LogP contribution < -0.4 is 15.5 Å². The smallest absolute Gasteiger partial charge is 0.319 e. The first-order chi connectivity index (χ1) is 11.6.